The summed E-state index contributed by atoms with van der Waals surface area (Å²) < 4.78 is 10.6. The van der Waals surface area contributed by atoms with Crippen molar-refractivity contribution >= 4 is 40.2 Å². The molecule has 0 spiro atoms. The number of fused-ring (bicyclic) bond motifs is 1. The van der Waals surface area contributed by atoms with Gasteiger partial charge in [0.1, 0.15) is 5.60 Å². The van der Waals surface area contributed by atoms with Crippen LogP contribution in [0.3, 0.4) is 0 Å². The molecule has 30 heavy (non-hydrogen) atoms. The summed E-state index contributed by atoms with van der Waals surface area (Å²) in [7, 11) is 0. The summed E-state index contributed by atoms with van der Waals surface area (Å²) in [4.78, 5) is 23.0. The fourth-order valence-corrected chi connectivity index (χ4v) is 3.31. The van der Waals surface area contributed by atoms with Gasteiger partial charge in [0.15, 0.2) is 11.0 Å². The first-order valence-corrected chi connectivity index (χ1v) is 10.7. The lowest BCUT2D eigenvalue weighted by Gasteiger charge is -2.28. The number of benzene rings is 1. The molecule has 3 rings (SSSR count). The molecule has 8 nitrogen and oxygen atoms in total. The topological polar surface area (TPSA) is 88.6 Å². The second-order valence-electron chi connectivity index (χ2n) is 8.20. The highest BCUT2D eigenvalue weighted by Crippen LogP contribution is 2.25. The minimum atomic E-state index is -0.487. The maximum atomic E-state index is 11.6. The third-order valence-electron chi connectivity index (χ3n) is 4.55. The first kappa shape index (κ1) is 22.4. The van der Waals surface area contributed by atoms with Crippen LogP contribution in [0.5, 0.6) is 0 Å². The van der Waals surface area contributed by atoms with Crippen molar-refractivity contribution in [2.45, 2.75) is 39.2 Å². The van der Waals surface area contributed by atoms with Crippen molar-refractivity contribution in [3.63, 3.8) is 0 Å². The van der Waals surface area contributed by atoms with E-state index in [4.69, 9.17) is 21.1 Å². The van der Waals surface area contributed by atoms with Gasteiger partial charge in [-0.2, -0.15) is 0 Å². The van der Waals surface area contributed by atoms with Crippen LogP contribution in [0.4, 0.5) is 16.3 Å². The molecular formula is C21H30ClN5O3. The van der Waals surface area contributed by atoms with Crippen LogP contribution in [0.15, 0.2) is 18.2 Å². The lowest BCUT2D eigenvalue weighted by atomic mass is 10.2. The molecule has 1 fully saturated rings. The molecule has 1 saturated heterocycles. The van der Waals surface area contributed by atoms with E-state index in [-0.39, 0.29) is 0 Å². The summed E-state index contributed by atoms with van der Waals surface area (Å²) in [5.41, 5.74) is 2.20. The van der Waals surface area contributed by atoms with E-state index >= 15 is 0 Å². The van der Waals surface area contributed by atoms with Crippen molar-refractivity contribution in [3.8, 4) is 0 Å². The molecule has 1 amide bonds. The zero-order valence-corrected chi connectivity index (χ0v) is 18.6. The quantitative estimate of drug-likeness (QED) is 0.638. The highest BCUT2D eigenvalue weighted by molar-refractivity contribution is 6.32. The van der Waals surface area contributed by atoms with Gasteiger partial charge in [-0.3, -0.25) is 0 Å². The summed E-state index contributed by atoms with van der Waals surface area (Å²) in [5.74, 6) is 0.573. The molecule has 9 heteroatoms. The molecule has 2 heterocycles. The van der Waals surface area contributed by atoms with Crippen LogP contribution in [0.2, 0.25) is 5.15 Å². The molecule has 0 saturated carbocycles. The van der Waals surface area contributed by atoms with Crippen molar-refractivity contribution in [1.82, 2.24) is 15.3 Å². The van der Waals surface area contributed by atoms with Crippen LogP contribution < -0.4 is 15.5 Å². The van der Waals surface area contributed by atoms with Crippen molar-refractivity contribution in [2.75, 3.05) is 49.6 Å². The number of halogens is 1. The molecule has 0 radical (unpaired) electrons. The van der Waals surface area contributed by atoms with Gasteiger partial charge in [0, 0.05) is 31.9 Å². The van der Waals surface area contributed by atoms with Crippen molar-refractivity contribution in [3.05, 3.63) is 23.4 Å². The standard InChI is InChI=1S/C21H30ClN5O3/c1-21(2,3)30-20(28)24-9-5-4-8-23-19-18(22)25-16-7-6-15(14-17(16)26-19)27-10-12-29-13-11-27/h6-7,14H,4-5,8-13H2,1-3H3,(H,23,26)(H,24,28). The largest absolute Gasteiger partial charge is 0.444 e. The van der Waals surface area contributed by atoms with Crippen LogP contribution in [0.1, 0.15) is 33.6 Å². The lowest BCUT2D eigenvalue weighted by molar-refractivity contribution is 0.0527. The molecule has 0 atom stereocenters. The fourth-order valence-electron chi connectivity index (χ4n) is 3.11. The summed E-state index contributed by atoms with van der Waals surface area (Å²) in [6.45, 7) is 9.97. The van der Waals surface area contributed by atoms with E-state index in [1.165, 1.54) is 0 Å². The minimum Gasteiger partial charge on any atom is -0.444 e. The number of rotatable bonds is 7. The SMILES string of the molecule is CC(C)(C)OC(=O)NCCCCNc1nc2cc(N3CCOCC3)ccc2nc1Cl. The second kappa shape index (κ2) is 10.1. The normalized spacial score (nSPS) is 14.6. The van der Waals surface area contributed by atoms with E-state index in [2.05, 4.69) is 25.5 Å². The number of carbonyl (C=O) groups is 1. The smallest absolute Gasteiger partial charge is 0.407 e. The summed E-state index contributed by atoms with van der Waals surface area (Å²) in [6, 6.07) is 6.04. The Morgan fingerprint density at radius 1 is 1.17 bits per heavy atom. The molecule has 1 aromatic heterocycles. The van der Waals surface area contributed by atoms with Crippen LogP contribution >= 0.6 is 11.6 Å². The predicted octanol–water partition coefficient (Wildman–Crippen LogP) is 3.84. The molecule has 0 aliphatic carbocycles. The maximum Gasteiger partial charge on any atom is 0.407 e. The first-order chi connectivity index (χ1) is 14.3. The number of morpholine rings is 1. The van der Waals surface area contributed by atoms with Gasteiger partial charge in [-0.1, -0.05) is 11.6 Å². The Bertz CT molecular complexity index is 866. The maximum absolute atomic E-state index is 11.6. The Hall–Kier alpha value is -2.32. The molecule has 1 aromatic carbocycles. The fraction of sp³-hybridized carbons (Fsp3) is 0.571. The van der Waals surface area contributed by atoms with Crippen LogP contribution in [0, 0.1) is 0 Å². The van der Waals surface area contributed by atoms with Gasteiger partial charge in [0.05, 0.1) is 24.2 Å². The van der Waals surface area contributed by atoms with E-state index in [1.807, 2.05) is 39.0 Å². The number of carbonyl (C=O) groups excluding carboxylic acids is 1. The van der Waals surface area contributed by atoms with Crippen LogP contribution in [0.25, 0.3) is 11.0 Å². The highest BCUT2D eigenvalue weighted by atomic mass is 35.5. The Kier molecular flexibility index (Phi) is 7.55. The Labute approximate surface area is 182 Å². The Morgan fingerprint density at radius 2 is 1.90 bits per heavy atom. The highest BCUT2D eigenvalue weighted by Gasteiger charge is 2.16. The molecule has 2 N–H and O–H groups in total. The first-order valence-electron chi connectivity index (χ1n) is 10.3. The van der Waals surface area contributed by atoms with Crippen LogP contribution in [-0.4, -0.2) is 61.1 Å². The number of amides is 1. The molecule has 1 aliphatic rings. The van der Waals surface area contributed by atoms with Crippen molar-refractivity contribution in [2.24, 2.45) is 0 Å². The minimum absolute atomic E-state index is 0.355. The van der Waals surface area contributed by atoms with Gasteiger partial charge in [-0.25, -0.2) is 14.8 Å². The number of hydrogen-bond acceptors (Lipinski definition) is 7. The van der Waals surface area contributed by atoms with Crippen LogP contribution in [-0.2, 0) is 9.47 Å². The third-order valence-corrected chi connectivity index (χ3v) is 4.81. The zero-order valence-electron chi connectivity index (χ0n) is 17.8. The lowest BCUT2D eigenvalue weighted by Crippen LogP contribution is -2.36. The molecule has 164 valence electrons. The number of alkyl carbamates (subject to hydrolysis) is 1. The van der Waals surface area contributed by atoms with Gasteiger partial charge in [0.2, 0.25) is 0 Å². The van der Waals surface area contributed by atoms with Gasteiger partial charge >= 0.3 is 6.09 Å². The van der Waals surface area contributed by atoms with E-state index in [0.717, 1.165) is 55.9 Å². The van der Waals surface area contributed by atoms with Gasteiger partial charge in [-0.05, 0) is 51.8 Å². The number of ether oxygens (including phenoxy) is 2. The number of aromatic nitrogens is 2. The summed E-state index contributed by atoms with van der Waals surface area (Å²) in [5, 5.41) is 6.36. The Morgan fingerprint density at radius 3 is 2.63 bits per heavy atom. The van der Waals surface area contributed by atoms with Crippen molar-refractivity contribution < 1.29 is 14.3 Å². The van der Waals surface area contributed by atoms with E-state index in [1.54, 1.807) is 0 Å². The number of unbranched alkanes of at least 4 members (excludes halogenated alkanes) is 1. The molecule has 0 unspecified atom stereocenters. The average molecular weight is 436 g/mol. The van der Waals surface area contributed by atoms with Gasteiger partial charge < -0.3 is 25.0 Å². The van der Waals surface area contributed by atoms with Gasteiger partial charge in [-0.15, -0.1) is 0 Å². The number of nitrogens with zero attached hydrogens (tertiary/aromatic N) is 3. The molecule has 1 aliphatic heterocycles. The van der Waals surface area contributed by atoms with Crippen molar-refractivity contribution in [1.29, 1.82) is 0 Å². The zero-order chi connectivity index (χ0) is 21.6. The number of hydrogen-bond donors (Lipinski definition) is 2. The predicted molar refractivity (Wildman–Crippen MR) is 120 cm³/mol. The van der Waals surface area contributed by atoms with E-state index in [9.17, 15) is 4.79 Å². The van der Waals surface area contributed by atoms with E-state index in [0.29, 0.717) is 24.1 Å². The number of nitrogens with one attached hydrogen (secondary N) is 2. The average Bonchev–Trinajstić information content (AvgIpc) is 2.70. The van der Waals surface area contributed by atoms with Gasteiger partial charge in [0.25, 0.3) is 0 Å². The Balaban J connectivity index is 1.50. The molecule has 0 bridgehead atoms. The third kappa shape index (κ3) is 6.60. The molecular weight excluding hydrogens is 406 g/mol. The van der Waals surface area contributed by atoms with E-state index < -0.39 is 11.7 Å². The molecule has 2 aromatic rings. The second-order valence-corrected chi connectivity index (χ2v) is 8.56. The summed E-state index contributed by atoms with van der Waals surface area (Å²) in [6.07, 6.45) is 1.26. The monoisotopic (exact) mass is 435 g/mol. The number of anilines is 2. The summed E-state index contributed by atoms with van der Waals surface area (Å²) >= 11 is 6.30.